The van der Waals surface area contributed by atoms with Crippen LogP contribution in [0.2, 0.25) is 5.02 Å². The van der Waals surface area contributed by atoms with Crippen molar-refractivity contribution >= 4 is 29.3 Å². The first-order valence-electron chi connectivity index (χ1n) is 7.53. The number of carboxylic acid groups (broad SMARTS) is 1. The molecule has 0 saturated carbocycles. The third-order valence-corrected chi connectivity index (χ3v) is 4.66. The van der Waals surface area contributed by atoms with Crippen LogP contribution in [0.15, 0.2) is 53.4 Å². The van der Waals surface area contributed by atoms with Crippen LogP contribution in [-0.4, -0.2) is 34.6 Å². The molecule has 0 amide bonds. The van der Waals surface area contributed by atoms with Crippen molar-refractivity contribution in [3.8, 4) is 5.75 Å². The molecule has 2 N–H and O–H groups in total. The molecule has 2 aromatic carbocycles. The number of hydrogen-bond acceptors (Lipinski definition) is 4. The average molecular weight is 367 g/mol. The maximum absolute atomic E-state index is 10.5. The number of aryl methyl sites for hydroxylation is 1. The third-order valence-electron chi connectivity index (χ3n) is 3.25. The summed E-state index contributed by atoms with van der Waals surface area (Å²) in [5.74, 6) is 0.375. The Morgan fingerprint density at radius 2 is 1.79 bits per heavy atom. The molecule has 0 aliphatic carbocycles. The predicted molar refractivity (Wildman–Crippen MR) is 96.1 cm³/mol. The van der Waals surface area contributed by atoms with Gasteiger partial charge in [-0.2, -0.15) is 0 Å². The highest BCUT2D eigenvalue weighted by atomic mass is 35.5. The molecule has 2 aromatic rings. The Morgan fingerprint density at radius 3 is 2.42 bits per heavy atom. The highest BCUT2D eigenvalue weighted by Crippen LogP contribution is 2.21. The number of halogens is 1. The summed E-state index contributed by atoms with van der Waals surface area (Å²) < 4.78 is 5.56. The Morgan fingerprint density at radius 1 is 1.12 bits per heavy atom. The number of thioether (sulfide) groups is 1. The number of hydrogen-bond donors (Lipinski definition) is 2. The number of rotatable bonds is 9. The first-order chi connectivity index (χ1) is 11.5. The van der Waals surface area contributed by atoms with Gasteiger partial charge in [0.2, 0.25) is 0 Å². The van der Waals surface area contributed by atoms with Gasteiger partial charge >= 0.3 is 5.97 Å². The van der Waals surface area contributed by atoms with E-state index in [1.54, 1.807) is 12.1 Å². The summed E-state index contributed by atoms with van der Waals surface area (Å²) in [5, 5.41) is 19.3. The van der Waals surface area contributed by atoms with Crippen LogP contribution in [0.4, 0.5) is 0 Å². The fourth-order valence-corrected chi connectivity index (χ4v) is 2.90. The molecule has 0 radical (unpaired) electrons. The van der Waals surface area contributed by atoms with E-state index in [-0.39, 0.29) is 13.0 Å². The van der Waals surface area contributed by atoms with E-state index in [4.69, 9.17) is 21.4 Å². The van der Waals surface area contributed by atoms with E-state index in [2.05, 4.69) is 0 Å². The first-order valence-corrected chi connectivity index (χ1v) is 8.89. The van der Waals surface area contributed by atoms with E-state index in [1.807, 2.05) is 36.4 Å². The number of aliphatic hydroxyl groups excluding tert-OH is 1. The van der Waals surface area contributed by atoms with Crippen LogP contribution >= 0.6 is 23.4 Å². The van der Waals surface area contributed by atoms with Crippen LogP contribution < -0.4 is 4.74 Å². The zero-order valence-corrected chi connectivity index (χ0v) is 14.6. The van der Waals surface area contributed by atoms with Gasteiger partial charge in [-0.3, -0.25) is 4.79 Å². The van der Waals surface area contributed by atoms with Crippen LogP contribution in [0.3, 0.4) is 0 Å². The normalized spacial score (nSPS) is 11.9. The zero-order chi connectivity index (χ0) is 17.4. The number of aliphatic hydroxyl groups is 1. The Bertz CT molecular complexity index is 643. The molecule has 0 spiro atoms. The smallest absolute Gasteiger partial charge is 0.303 e. The van der Waals surface area contributed by atoms with Crippen LogP contribution in [0.5, 0.6) is 5.75 Å². The van der Waals surface area contributed by atoms with Crippen LogP contribution in [0.25, 0.3) is 0 Å². The summed E-state index contributed by atoms with van der Waals surface area (Å²) >= 11 is 7.37. The second-order valence-corrected chi connectivity index (χ2v) is 6.80. The fourth-order valence-electron chi connectivity index (χ4n) is 1.97. The Labute approximate surface area is 150 Å². The number of carbonyl (C=O) groups is 1. The maximum Gasteiger partial charge on any atom is 0.303 e. The molecule has 0 aliphatic heterocycles. The highest BCUT2D eigenvalue weighted by Gasteiger charge is 2.07. The van der Waals surface area contributed by atoms with Gasteiger partial charge in [0.1, 0.15) is 12.4 Å². The Balaban J connectivity index is 1.71. The molecule has 2 rings (SSSR count). The maximum atomic E-state index is 10.5. The fraction of sp³-hybridized carbons (Fsp3) is 0.278. The Hall–Kier alpha value is -1.69. The van der Waals surface area contributed by atoms with Gasteiger partial charge in [0.25, 0.3) is 0 Å². The number of ether oxygens (including phenoxy) is 1. The lowest BCUT2D eigenvalue weighted by Crippen LogP contribution is -2.20. The molecular weight excluding hydrogens is 348 g/mol. The minimum atomic E-state index is -0.809. The molecule has 128 valence electrons. The van der Waals surface area contributed by atoms with Gasteiger partial charge in [-0.15, -0.1) is 11.8 Å². The molecule has 6 heteroatoms. The molecular formula is C18H19ClO4S. The summed E-state index contributed by atoms with van der Waals surface area (Å²) in [5.41, 5.74) is 0.948. The van der Waals surface area contributed by atoms with Gasteiger partial charge in [-0.05, 0) is 48.4 Å². The van der Waals surface area contributed by atoms with E-state index in [0.717, 1.165) is 10.5 Å². The summed E-state index contributed by atoms with van der Waals surface area (Å²) in [6.45, 7) is 0.203. The highest BCUT2D eigenvalue weighted by molar-refractivity contribution is 7.99. The molecule has 0 aliphatic rings. The van der Waals surface area contributed by atoms with Crippen molar-refractivity contribution in [1.29, 1.82) is 0 Å². The van der Waals surface area contributed by atoms with Crippen LogP contribution in [0.1, 0.15) is 12.0 Å². The zero-order valence-electron chi connectivity index (χ0n) is 13.0. The van der Waals surface area contributed by atoms with Crippen molar-refractivity contribution in [3.05, 3.63) is 59.1 Å². The van der Waals surface area contributed by atoms with Gasteiger partial charge in [-0.25, -0.2) is 0 Å². The lowest BCUT2D eigenvalue weighted by molar-refractivity contribution is -0.136. The minimum Gasteiger partial charge on any atom is -0.491 e. The van der Waals surface area contributed by atoms with Crippen molar-refractivity contribution in [2.45, 2.75) is 23.8 Å². The molecule has 4 nitrogen and oxygen atoms in total. The van der Waals surface area contributed by atoms with E-state index in [9.17, 15) is 9.90 Å². The lowest BCUT2D eigenvalue weighted by atomic mass is 10.1. The molecule has 24 heavy (non-hydrogen) atoms. The average Bonchev–Trinajstić information content (AvgIpc) is 2.58. The monoisotopic (exact) mass is 366 g/mol. The first kappa shape index (κ1) is 18.6. The molecule has 1 unspecified atom stereocenters. The van der Waals surface area contributed by atoms with Gasteiger partial charge < -0.3 is 14.9 Å². The van der Waals surface area contributed by atoms with Crippen molar-refractivity contribution in [2.75, 3.05) is 12.4 Å². The third kappa shape index (κ3) is 6.83. The van der Waals surface area contributed by atoms with Crippen molar-refractivity contribution in [3.63, 3.8) is 0 Å². The molecule has 0 saturated heterocycles. The summed E-state index contributed by atoms with van der Waals surface area (Å²) in [4.78, 5) is 11.6. The standard InChI is InChI=1S/C18H19ClO4S/c19-14-4-8-17(9-5-14)24-12-15(20)11-23-16-6-1-13(2-7-16)3-10-18(21)22/h1-2,4-9,15,20H,3,10-12H2,(H,21,22). The second-order valence-electron chi connectivity index (χ2n) is 5.27. The number of benzene rings is 2. The van der Waals surface area contributed by atoms with E-state index in [1.165, 1.54) is 11.8 Å². The largest absolute Gasteiger partial charge is 0.491 e. The number of carboxylic acids is 1. The van der Waals surface area contributed by atoms with Crippen molar-refractivity contribution in [2.24, 2.45) is 0 Å². The summed E-state index contributed by atoms with van der Waals surface area (Å²) in [6.07, 6.45) is 0.0222. The minimum absolute atomic E-state index is 0.112. The molecule has 0 fully saturated rings. The molecule has 0 aromatic heterocycles. The number of aliphatic carboxylic acids is 1. The molecule has 0 heterocycles. The van der Waals surface area contributed by atoms with Gasteiger partial charge in [0, 0.05) is 22.1 Å². The SMILES string of the molecule is O=C(O)CCc1ccc(OCC(O)CSc2ccc(Cl)cc2)cc1. The molecule has 0 bridgehead atoms. The predicted octanol–water partition coefficient (Wildman–Crippen LogP) is 3.89. The van der Waals surface area contributed by atoms with Gasteiger partial charge in [-0.1, -0.05) is 23.7 Å². The molecule has 1 atom stereocenters. The lowest BCUT2D eigenvalue weighted by Gasteiger charge is -2.12. The van der Waals surface area contributed by atoms with Crippen LogP contribution in [-0.2, 0) is 11.2 Å². The van der Waals surface area contributed by atoms with E-state index >= 15 is 0 Å². The van der Waals surface area contributed by atoms with Gasteiger partial charge in [0.15, 0.2) is 0 Å². The van der Waals surface area contributed by atoms with Crippen molar-refractivity contribution < 1.29 is 19.7 Å². The Kier molecular flexibility index (Phi) is 7.43. The van der Waals surface area contributed by atoms with Gasteiger partial charge in [0.05, 0.1) is 6.10 Å². The summed E-state index contributed by atoms with van der Waals surface area (Å²) in [6, 6.07) is 14.7. The topological polar surface area (TPSA) is 66.8 Å². The summed E-state index contributed by atoms with van der Waals surface area (Å²) in [7, 11) is 0. The van der Waals surface area contributed by atoms with E-state index in [0.29, 0.717) is 22.9 Å². The van der Waals surface area contributed by atoms with Crippen molar-refractivity contribution in [1.82, 2.24) is 0 Å². The second kappa shape index (κ2) is 9.57. The quantitative estimate of drug-likeness (QED) is 0.659. The van der Waals surface area contributed by atoms with Crippen LogP contribution in [0, 0.1) is 0 Å². The van der Waals surface area contributed by atoms with E-state index < -0.39 is 12.1 Å².